The maximum atomic E-state index is 13.0. The molecule has 0 unspecified atom stereocenters. The van der Waals surface area contributed by atoms with Gasteiger partial charge in [-0.25, -0.2) is 4.98 Å². The van der Waals surface area contributed by atoms with E-state index < -0.39 is 0 Å². The van der Waals surface area contributed by atoms with E-state index >= 15 is 0 Å². The zero-order valence-electron chi connectivity index (χ0n) is 18.3. The Balaban J connectivity index is 1.57. The van der Waals surface area contributed by atoms with Gasteiger partial charge in [0.1, 0.15) is 5.82 Å². The zero-order valence-corrected chi connectivity index (χ0v) is 18.3. The number of nitrogens with one attached hydrogen (secondary N) is 1. The van der Waals surface area contributed by atoms with Crippen molar-refractivity contribution in [3.63, 3.8) is 0 Å². The average molecular weight is 431 g/mol. The summed E-state index contributed by atoms with van der Waals surface area (Å²) in [5.41, 5.74) is 1.15. The molecule has 0 saturated heterocycles. The van der Waals surface area contributed by atoms with Crippen LogP contribution in [0.3, 0.4) is 0 Å². The van der Waals surface area contributed by atoms with Crippen molar-refractivity contribution in [2.75, 3.05) is 20.8 Å². The number of nitrogens with zero attached hydrogens (tertiary/aromatic N) is 2. The summed E-state index contributed by atoms with van der Waals surface area (Å²) in [5, 5.41) is 2.64. The lowest BCUT2D eigenvalue weighted by atomic mass is 10.0. The van der Waals surface area contributed by atoms with Crippen molar-refractivity contribution in [1.82, 2.24) is 14.9 Å². The highest BCUT2D eigenvalue weighted by atomic mass is 16.5. The van der Waals surface area contributed by atoms with E-state index in [1.54, 1.807) is 17.0 Å². The number of fused-ring (bicyclic) bond motifs is 2. The van der Waals surface area contributed by atoms with Crippen LogP contribution in [0.15, 0.2) is 59.4 Å². The zero-order chi connectivity index (χ0) is 22.7. The molecule has 0 bridgehead atoms. The molecule has 0 aliphatic heterocycles. The molecular weight excluding hydrogens is 406 g/mol. The molecule has 4 rings (SSSR count). The first-order valence-corrected chi connectivity index (χ1v) is 10.4. The Kier molecular flexibility index (Phi) is 6.07. The predicted molar refractivity (Wildman–Crippen MR) is 124 cm³/mol. The molecule has 7 nitrogen and oxygen atoms in total. The predicted octanol–water partition coefficient (Wildman–Crippen LogP) is 3.68. The number of hydrogen-bond donors (Lipinski definition) is 1. The Morgan fingerprint density at radius 2 is 1.72 bits per heavy atom. The van der Waals surface area contributed by atoms with Crippen LogP contribution in [-0.4, -0.2) is 41.5 Å². The molecule has 0 fully saturated rings. The third-order valence-electron chi connectivity index (χ3n) is 5.50. The van der Waals surface area contributed by atoms with Gasteiger partial charge in [0.25, 0.3) is 5.56 Å². The topological polar surface area (TPSA) is 84.5 Å². The van der Waals surface area contributed by atoms with Crippen molar-refractivity contribution in [3.05, 3.63) is 76.3 Å². The van der Waals surface area contributed by atoms with Crippen LogP contribution in [0.25, 0.3) is 21.7 Å². The number of methoxy groups -OCH3 is 2. The van der Waals surface area contributed by atoms with E-state index in [1.807, 2.05) is 49.4 Å². The standard InChI is InChI=1S/C25H25N3O4/c1-4-28(24(29)12-16-9-10-17-7-5-6-8-18(17)11-16)15-23-26-20-14-22(32-3)21(31-2)13-19(20)25(30)27-23/h5-11,13-14H,4,12,15H2,1-3H3,(H,26,27,30). The number of rotatable bonds is 7. The summed E-state index contributed by atoms with van der Waals surface area (Å²) in [4.78, 5) is 34.6. The van der Waals surface area contributed by atoms with Gasteiger partial charge in [0.05, 0.1) is 38.1 Å². The molecule has 1 heterocycles. The summed E-state index contributed by atoms with van der Waals surface area (Å²) in [5.74, 6) is 1.34. The van der Waals surface area contributed by atoms with Crippen molar-refractivity contribution in [2.45, 2.75) is 19.9 Å². The number of ether oxygens (including phenoxy) is 2. The third-order valence-corrected chi connectivity index (χ3v) is 5.50. The molecular formula is C25H25N3O4. The van der Waals surface area contributed by atoms with Crippen molar-refractivity contribution in [3.8, 4) is 11.5 Å². The summed E-state index contributed by atoms with van der Waals surface area (Å²) < 4.78 is 10.6. The van der Waals surface area contributed by atoms with Crippen molar-refractivity contribution in [1.29, 1.82) is 0 Å². The summed E-state index contributed by atoms with van der Waals surface area (Å²) in [6, 6.07) is 17.4. The number of aromatic amines is 1. The van der Waals surface area contributed by atoms with E-state index in [1.165, 1.54) is 14.2 Å². The van der Waals surface area contributed by atoms with E-state index in [0.717, 1.165) is 16.3 Å². The summed E-state index contributed by atoms with van der Waals surface area (Å²) >= 11 is 0. The molecule has 0 saturated carbocycles. The highest BCUT2D eigenvalue weighted by molar-refractivity contribution is 5.85. The lowest BCUT2D eigenvalue weighted by Gasteiger charge is -2.20. The number of hydrogen-bond acceptors (Lipinski definition) is 5. The molecule has 164 valence electrons. The van der Waals surface area contributed by atoms with Gasteiger partial charge in [0, 0.05) is 12.6 Å². The van der Waals surface area contributed by atoms with Gasteiger partial charge < -0.3 is 19.4 Å². The van der Waals surface area contributed by atoms with Gasteiger partial charge in [-0.15, -0.1) is 0 Å². The maximum absolute atomic E-state index is 13.0. The number of amides is 1. The Bertz CT molecular complexity index is 1350. The molecule has 4 aromatic rings. The van der Waals surface area contributed by atoms with E-state index in [0.29, 0.717) is 34.8 Å². The summed E-state index contributed by atoms with van der Waals surface area (Å²) in [6.45, 7) is 2.62. The molecule has 0 spiro atoms. The lowest BCUT2D eigenvalue weighted by Crippen LogP contribution is -2.33. The minimum absolute atomic E-state index is 0.0298. The van der Waals surface area contributed by atoms with Crippen LogP contribution in [0, 0.1) is 0 Å². The minimum Gasteiger partial charge on any atom is -0.493 e. The molecule has 1 aromatic heterocycles. The number of likely N-dealkylation sites (N-methyl/N-ethyl adjacent to an activating group) is 1. The molecule has 7 heteroatoms. The molecule has 0 aliphatic carbocycles. The van der Waals surface area contributed by atoms with Gasteiger partial charge in [-0.2, -0.15) is 0 Å². The van der Waals surface area contributed by atoms with Gasteiger partial charge >= 0.3 is 0 Å². The first-order chi connectivity index (χ1) is 15.5. The SMILES string of the molecule is CCN(Cc1nc2cc(OC)c(OC)cc2c(=O)[nH]1)C(=O)Cc1ccc2ccccc2c1. The Morgan fingerprint density at radius 3 is 2.44 bits per heavy atom. The van der Waals surface area contributed by atoms with Crippen LogP contribution in [-0.2, 0) is 17.8 Å². The molecule has 1 N–H and O–H groups in total. The van der Waals surface area contributed by atoms with Gasteiger partial charge in [0.15, 0.2) is 11.5 Å². The maximum Gasteiger partial charge on any atom is 0.258 e. The first kappa shape index (κ1) is 21.4. The minimum atomic E-state index is -0.288. The monoisotopic (exact) mass is 431 g/mol. The van der Waals surface area contributed by atoms with Gasteiger partial charge in [-0.3, -0.25) is 9.59 Å². The number of carbonyl (C=O) groups excluding carboxylic acids is 1. The van der Waals surface area contributed by atoms with E-state index in [4.69, 9.17) is 9.47 Å². The van der Waals surface area contributed by atoms with Crippen molar-refractivity contribution in [2.24, 2.45) is 0 Å². The van der Waals surface area contributed by atoms with E-state index in [9.17, 15) is 9.59 Å². The molecule has 0 atom stereocenters. The molecule has 0 radical (unpaired) electrons. The molecule has 3 aromatic carbocycles. The van der Waals surface area contributed by atoms with Crippen LogP contribution in [0.2, 0.25) is 0 Å². The fourth-order valence-electron chi connectivity index (χ4n) is 3.78. The second-order valence-corrected chi connectivity index (χ2v) is 7.50. The third kappa shape index (κ3) is 4.27. The van der Waals surface area contributed by atoms with Crippen LogP contribution < -0.4 is 15.0 Å². The van der Waals surface area contributed by atoms with Crippen molar-refractivity contribution >= 4 is 27.6 Å². The van der Waals surface area contributed by atoms with Crippen LogP contribution in [0.1, 0.15) is 18.3 Å². The van der Waals surface area contributed by atoms with Crippen LogP contribution in [0.5, 0.6) is 11.5 Å². The quantitative estimate of drug-likeness (QED) is 0.483. The Hall–Kier alpha value is -3.87. The average Bonchev–Trinajstić information content (AvgIpc) is 2.81. The van der Waals surface area contributed by atoms with Crippen LogP contribution in [0.4, 0.5) is 0 Å². The number of aromatic nitrogens is 2. The fraction of sp³-hybridized carbons (Fsp3) is 0.240. The largest absolute Gasteiger partial charge is 0.493 e. The van der Waals surface area contributed by atoms with Gasteiger partial charge in [0.2, 0.25) is 5.91 Å². The first-order valence-electron chi connectivity index (χ1n) is 10.4. The highest BCUT2D eigenvalue weighted by Gasteiger charge is 2.16. The van der Waals surface area contributed by atoms with Gasteiger partial charge in [-0.05, 0) is 29.3 Å². The second kappa shape index (κ2) is 9.09. The van der Waals surface area contributed by atoms with Crippen molar-refractivity contribution < 1.29 is 14.3 Å². The molecule has 0 aliphatic rings. The summed E-state index contributed by atoms with van der Waals surface area (Å²) in [7, 11) is 3.04. The number of H-pyrrole nitrogens is 1. The Morgan fingerprint density at radius 1 is 1.00 bits per heavy atom. The Labute approximate surface area is 185 Å². The van der Waals surface area contributed by atoms with Gasteiger partial charge in [-0.1, -0.05) is 42.5 Å². The molecule has 1 amide bonds. The second-order valence-electron chi connectivity index (χ2n) is 7.50. The normalized spacial score (nSPS) is 11.0. The fourth-order valence-corrected chi connectivity index (χ4v) is 3.78. The lowest BCUT2D eigenvalue weighted by molar-refractivity contribution is -0.131. The highest BCUT2D eigenvalue weighted by Crippen LogP contribution is 2.30. The number of benzene rings is 3. The van der Waals surface area contributed by atoms with Crippen LogP contribution >= 0.6 is 0 Å². The summed E-state index contributed by atoms with van der Waals surface area (Å²) in [6.07, 6.45) is 0.279. The number of carbonyl (C=O) groups is 1. The van der Waals surface area contributed by atoms with E-state index in [2.05, 4.69) is 9.97 Å². The smallest absolute Gasteiger partial charge is 0.258 e. The molecule has 32 heavy (non-hydrogen) atoms. The van der Waals surface area contributed by atoms with E-state index in [-0.39, 0.29) is 24.4 Å².